The van der Waals surface area contributed by atoms with Crippen LogP contribution in [0, 0.1) is 11.8 Å². The molecule has 2 saturated heterocycles. The van der Waals surface area contributed by atoms with Crippen LogP contribution in [0.4, 0.5) is 0 Å². The summed E-state index contributed by atoms with van der Waals surface area (Å²) in [5, 5.41) is 3.47. The van der Waals surface area contributed by atoms with Gasteiger partial charge in [0, 0.05) is 24.9 Å². The molecule has 4 unspecified atom stereocenters. The molecule has 3 rings (SSSR count). The molecular weight excluding hydrogens is 284 g/mol. The first-order valence-corrected chi connectivity index (χ1v) is 9.20. The van der Waals surface area contributed by atoms with Crippen LogP contribution >= 0.6 is 0 Å². The molecule has 2 heterocycles. The highest BCUT2D eigenvalue weighted by Gasteiger charge is 2.34. The molecule has 4 atom stereocenters. The monoisotopic (exact) mass is 314 g/mol. The number of hydrogen-bond acceptors (Lipinski definition) is 2. The second kappa shape index (κ2) is 7.48. The van der Waals surface area contributed by atoms with Crippen molar-refractivity contribution in [3.63, 3.8) is 0 Å². The van der Waals surface area contributed by atoms with E-state index in [1.54, 1.807) is 0 Å². The lowest BCUT2D eigenvalue weighted by molar-refractivity contribution is -0.133. The Kier molecular flexibility index (Phi) is 5.37. The van der Waals surface area contributed by atoms with Gasteiger partial charge in [0.15, 0.2) is 0 Å². The Morgan fingerprint density at radius 1 is 1.35 bits per heavy atom. The third-order valence-corrected chi connectivity index (χ3v) is 5.80. The van der Waals surface area contributed by atoms with Crippen molar-refractivity contribution in [2.24, 2.45) is 11.8 Å². The first kappa shape index (κ1) is 16.5. The number of amides is 1. The van der Waals surface area contributed by atoms with Gasteiger partial charge in [-0.1, -0.05) is 37.3 Å². The number of hydrogen-bond donors (Lipinski definition) is 1. The predicted octanol–water partition coefficient (Wildman–Crippen LogP) is 3.42. The van der Waals surface area contributed by atoms with Gasteiger partial charge >= 0.3 is 0 Å². The van der Waals surface area contributed by atoms with Crippen LogP contribution in [0.15, 0.2) is 30.3 Å². The minimum Gasteiger partial charge on any atom is -0.339 e. The van der Waals surface area contributed by atoms with E-state index in [4.69, 9.17) is 0 Å². The molecule has 0 saturated carbocycles. The first-order chi connectivity index (χ1) is 11.1. The Morgan fingerprint density at radius 3 is 2.83 bits per heavy atom. The largest absolute Gasteiger partial charge is 0.339 e. The lowest BCUT2D eigenvalue weighted by Crippen LogP contribution is -2.38. The van der Waals surface area contributed by atoms with E-state index >= 15 is 0 Å². The van der Waals surface area contributed by atoms with Gasteiger partial charge in [0.1, 0.15) is 0 Å². The lowest BCUT2D eigenvalue weighted by atomic mass is 9.85. The molecule has 0 aromatic heterocycles. The quantitative estimate of drug-likeness (QED) is 0.923. The van der Waals surface area contributed by atoms with E-state index in [0.29, 0.717) is 36.1 Å². The molecule has 2 aliphatic rings. The second-order valence-corrected chi connectivity index (χ2v) is 7.53. The molecule has 23 heavy (non-hydrogen) atoms. The van der Waals surface area contributed by atoms with Gasteiger partial charge in [0.2, 0.25) is 5.91 Å². The van der Waals surface area contributed by atoms with Gasteiger partial charge < -0.3 is 10.2 Å². The van der Waals surface area contributed by atoms with E-state index in [2.05, 4.69) is 54.4 Å². The molecule has 0 bridgehead atoms. The van der Waals surface area contributed by atoms with Crippen molar-refractivity contribution in [3.05, 3.63) is 35.9 Å². The Balaban J connectivity index is 1.57. The van der Waals surface area contributed by atoms with Crippen molar-refractivity contribution >= 4 is 5.91 Å². The molecule has 2 fully saturated rings. The molecule has 1 aromatic carbocycles. The Morgan fingerprint density at radius 2 is 2.13 bits per heavy atom. The normalized spacial score (nSPS) is 29.5. The summed E-state index contributed by atoms with van der Waals surface area (Å²) >= 11 is 0. The van der Waals surface area contributed by atoms with Gasteiger partial charge in [-0.25, -0.2) is 0 Å². The summed E-state index contributed by atoms with van der Waals surface area (Å²) in [5.74, 6) is 2.00. The summed E-state index contributed by atoms with van der Waals surface area (Å²) < 4.78 is 0. The van der Waals surface area contributed by atoms with E-state index in [-0.39, 0.29) is 0 Å². The summed E-state index contributed by atoms with van der Waals surface area (Å²) in [5.41, 5.74) is 1.37. The molecule has 0 radical (unpaired) electrons. The molecule has 3 heteroatoms. The van der Waals surface area contributed by atoms with Crippen molar-refractivity contribution in [1.82, 2.24) is 10.2 Å². The summed E-state index contributed by atoms with van der Waals surface area (Å²) in [6, 6.07) is 11.0. The number of nitrogens with one attached hydrogen (secondary N) is 1. The van der Waals surface area contributed by atoms with Crippen LogP contribution in [0.3, 0.4) is 0 Å². The topological polar surface area (TPSA) is 32.3 Å². The van der Waals surface area contributed by atoms with Crippen molar-refractivity contribution in [2.45, 2.75) is 51.5 Å². The number of likely N-dealkylation sites (tertiary alicyclic amines) is 1. The molecule has 0 spiro atoms. The number of nitrogens with zero attached hydrogens (tertiary/aromatic N) is 1. The smallest absolute Gasteiger partial charge is 0.223 e. The molecule has 0 aliphatic carbocycles. The summed E-state index contributed by atoms with van der Waals surface area (Å²) in [4.78, 5) is 14.9. The van der Waals surface area contributed by atoms with Gasteiger partial charge in [0.25, 0.3) is 0 Å². The number of carbonyl (C=O) groups is 1. The van der Waals surface area contributed by atoms with Crippen LogP contribution in [-0.2, 0) is 4.79 Å². The van der Waals surface area contributed by atoms with E-state index in [1.807, 2.05) is 0 Å². The van der Waals surface area contributed by atoms with Crippen LogP contribution in [-0.4, -0.2) is 36.5 Å². The van der Waals surface area contributed by atoms with Gasteiger partial charge in [-0.15, -0.1) is 0 Å². The number of benzene rings is 1. The number of carbonyl (C=O) groups excluding carboxylic acids is 1. The van der Waals surface area contributed by atoms with Gasteiger partial charge in [-0.2, -0.15) is 0 Å². The predicted molar refractivity (Wildman–Crippen MR) is 94.3 cm³/mol. The van der Waals surface area contributed by atoms with Gasteiger partial charge in [-0.05, 0) is 56.7 Å². The summed E-state index contributed by atoms with van der Waals surface area (Å²) in [6.07, 6.45) is 4.32. The zero-order chi connectivity index (χ0) is 16.2. The Labute approximate surface area is 140 Å². The minimum absolute atomic E-state index is 0.356. The molecular formula is C20H30N2O. The van der Waals surface area contributed by atoms with Crippen LogP contribution < -0.4 is 5.32 Å². The average Bonchev–Trinajstić information content (AvgIpc) is 2.98. The number of rotatable bonds is 4. The Hall–Kier alpha value is -1.35. The Bertz CT molecular complexity index is 510. The lowest BCUT2D eigenvalue weighted by Gasteiger charge is -2.30. The van der Waals surface area contributed by atoms with Crippen LogP contribution in [0.2, 0.25) is 0 Å². The fourth-order valence-electron chi connectivity index (χ4n) is 4.27. The van der Waals surface area contributed by atoms with Crippen LogP contribution in [0.25, 0.3) is 0 Å². The summed E-state index contributed by atoms with van der Waals surface area (Å²) in [6.45, 7) is 7.56. The minimum atomic E-state index is 0.356. The molecule has 1 N–H and O–H groups in total. The zero-order valence-corrected chi connectivity index (χ0v) is 14.5. The number of piperidine rings is 1. The fraction of sp³-hybridized carbons (Fsp3) is 0.650. The van der Waals surface area contributed by atoms with Crippen LogP contribution in [0.5, 0.6) is 0 Å². The highest BCUT2D eigenvalue weighted by atomic mass is 16.2. The maximum Gasteiger partial charge on any atom is 0.223 e. The van der Waals surface area contributed by atoms with Crippen molar-refractivity contribution < 1.29 is 4.79 Å². The average molecular weight is 314 g/mol. The van der Waals surface area contributed by atoms with E-state index in [1.165, 1.54) is 18.4 Å². The fourth-order valence-corrected chi connectivity index (χ4v) is 4.27. The highest BCUT2D eigenvalue weighted by Crippen LogP contribution is 2.33. The van der Waals surface area contributed by atoms with Crippen molar-refractivity contribution in [3.8, 4) is 0 Å². The van der Waals surface area contributed by atoms with Crippen molar-refractivity contribution in [2.75, 3.05) is 19.6 Å². The summed E-state index contributed by atoms with van der Waals surface area (Å²) in [7, 11) is 0. The molecule has 2 aliphatic heterocycles. The standard InChI is InChI=1S/C20H30N2O/c1-15(18-9-6-10-21-13-18)11-20(23)22-14-19(12-16(22)2)17-7-4-3-5-8-17/h3-5,7-8,15-16,18-19,21H,6,9-14H2,1-2H3. The zero-order valence-electron chi connectivity index (χ0n) is 14.5. The van der Waals surface area contributed by atoms with E-state index in [9.17, 15) is 4.79 Å². The molecule has 126 valence electrons. The maximum atomic E-state index is 12.8. The molecule has 1 aromatic rings. The third kappa shape index (κ3) is 3.95. The molecule has 3 nitrogen and oxygen atoms in total. The van der Waals surface area contributed by atoms with Gasteiger partial charge in [0.05, 0.1) is 0 Å². The first-order valence-electron chi connectivity index (χ1n) is 9.20. The maximum absolute atomic E-state index is 12.8. The second-order valence-electron chi connectivity index (χ2n) is 7.53. The van der Waals surface area contributed by atoms with Gasteiger partial charge in [-0.3, -0.25) is 4.79 Å². The van der Waals surface area contributed by atoms with E-state index < -0.39 is 0 Å². The van der Waals surface area contributed by atoms with Crippen molar-refractivity contribution in [1.29, 1.82) is 0 Å². The third-order valence-electron chi connectivity index (χ3n) is 5.80. The highest BCUT2D eigenvalue weighted by molar-refractivity contribution is 5.77. The van der Waals surface area contributed by atoms with Crippen LogP contribution in [0.1, 0.15) is 51.0 Å². The van der Waals surface area contributed by atoms with E-state index in [0.717, 1.165) is 26.1 Å². The SMILES string of the molecule is CC(CC(=O)N1CC(c2ccccc2)CC1C)C1CCCNC1. The molecule has 1 amide bonds.